The Labute approximate surface area is 217 Å². The Morgan fingerprint density at radius 2 is 1.74 bits per heavy atom. The molecule has 3 rings (SSSR count). The van der Waals surface area contributed by atoms with Crippen LogP contribution in [0.15, 0.2) is 58.7 Å². The number of alkyl halides is 1. The van der Waals surface area contributed by atoms with Crippen molar-refractivity contribution < 1.29 is 14.0 Å². The average Bonchev–Trinajstić information content (AvgIpc) is 2.83. The first kappa shape index (κ1) is 28.6. The molecule has 0 saturated carbocycles. The van der Waals surface area contributed by atoms with Crippen molar-refractivity contribution in [2.45, 2.75) is 59.5 Å². The molecule has 0 aromatic heterocycles. The van der Waals surface area contributed by atoms with Gasteiger partial charge >= 0.3 is 0 Å². The van der Waals surface area contributed by atoms with Crippen LogP contribution in [-0.2, 0) is 4.79 Å². The number of halogens is 3. The second-order valence-corrected chi connectivity index (χ2v) is 9.40. The number of amides is 2. The number of primary amides is 1. The van der Waals surface area contributed by atoms with E-state index in [1.165, 1.54) is 0 Å². The van der Waals surface area contributed by atoms with Gasteiger partial charge in [-0.25, -0.2) is 4.39 Å². The van der Waals surface area contributed by atoms with Gasteiger partial charge in [0.2, 0.25) is 5.91 Å². The van der Waals surface area contributed by atoms with Crippen molar-refractivity contribution in [2.75, 3.05) is 11.9 Å². The number of aryl methyl sites for hydroxylation is 1. The van der Waals surface area contributed by atoms with Gasteiger partial charge in [0.15, 0.2) is 0 Å². The standard InChI is InChI=1S/C23H22Cl2N2O2.C5H11F/c1-13-5-4-6-19(25)21(13)23(29)27(3)20-10-8-15(11-14(20)2)17-12-16(22(26)28)7-9-18(17)24;1-3-5(6)4-2/h6-12H,4-5H2,1-3H3,(H2,26,28);5H,3-4H2,1-2H3. The SMILES string of the molecule is CC1=C(C(=O)N(C)c2ccc(-c3cc(C(N)=O)ccc3Cl)cc2C)C(Cl)=CCC1.CCC(F)CC. The van der Waals surface area contributed by atoms with E-state index in [1.807, 2.05) is 52.0 Å². The molecule has 0 radical (unpaired) electrons. The van der Waals surface area contributed by atoms with E-state index in [0.717, 1.165) is 35.2 Å². The van der Waals surface area contributed by atoms with Crippen molar-refractivity contribution in [3.05, 3.63) is 74.8 Å². The molecule has 0 saturated heterocycles. The molecule has 0 atom stereocenters. The first-order valence-corrected chi connectivity index (χ1v) is 12.5. The Morgan fingerprint density at radius 3 is 2.26 bits per heavy atom. The zero-order chi connectivity index (χ0) is 26.3. The maximum atomic E-state index is 13.1. The lowest BCUT2D eigenvalue weighted by atomic mass is 9.97. The van der Waals surface area contributed by atoms with Gasteiger partial charge in [-0.1, -0.05) is 54.8 Å². The van der Waals surface area contributed by atoms with Gasteiger partial charge in [0, 0.05) is 33.9 Å². The third-order valence-corrected chi connectivity index (χ3v) is 6.71. The van der Waals surface area contributed by atoms with E-state index in [-0.39, 0.29) is 5.91 Å². The highest BCUT2D eigenvalue weighted by Crippen LogP contribution is 2.34. The molecule has 0 unspecified atom stereocenters. The number of anilines is 1. The fourth-order valence-corrected chi connectivity index (χ4v) is 4.37. The summed E-state index contributed by atoms with van der Waals surface area (Å²) in [6, 6.07) is 10.6. The summed E-state index contributed by atoms with van der Waals surface area (Å²) in [5, 5.41) is 1.03. The lowest BCUT2D eigenvalue weighted by Crippen LogP contribution is -2.29. The first-order valence-electron chi connectivity index (χ1n) is 11.7. The molecular formula is C28H33Cl2FN2O2. The molecular weight excluding hydrogens is 486 g/mol. The van der Waals surface area contributed by atoms with Crippen molar-refractivity contribution in [1.82, 2.24) is 0 Å². The van der Waals surface area contributed by atoms with E-state index in [0.29, 0.717) is 39.6 Å². The highest BCUT2D eigenvalue weighted by Gasteiger charge is 2.24. The number of likely N-dealkylation sites (N-methyl/N-ethyl adjacent to an activating group) is 1. The monoisotopic (exact) mass is 518 g/mol. The minimum Gasteiger partial charge on any atom is -0.366 e. The maximum Gasteiger partial charge on any atom is 0.259 e. The van der Waals surface area contributed by atoms with Crippen LogP contribution < -0.4 is 10.6 Å². The minimum atomic E-state index is -0.565. The predicted molar refractivity (Wildman–Crippen MR) is 145 cm³/mol. The molecule has 0 bridgehead atoms. The molecule has 0 fully saturated rings. The Kier molecular flexibility index (Phi) is 10.5. The van der Waals surface area contributed by atoms with Gasteiger partial charge in [0.05, 0.1) is 11.7 Å². The largest absolute Gasteiger partial charge is 0.366 e. The van der Waals surface area contributed by atoms with E-state index in [2.05, 4.69) is 0 Å². The van der Waals surface area contributed by atoms with Crippen LogP contribution in [0, 0.1) is 6.92 Å². The van der Waals surface area contributed by atoms with Gasteiger partial charge in [0.25, 0.3) is 5.91 Å². The van der Waals surface area contributed by atoms with Crippen molar-refractivity contribution in [1.29, 1.82) is 0 Å². The van der Waals surface area contributed by atoms with Gasteiger partial charge in [-0.05, 0) is 81.0 Å². The highest BCUT2D eigenvalue weighted by atomic mass is 35.5. The molecule has 2 aromatic carbocycles. The predicted octanol–water partition coefficient (Wildman–Crippen LogP) is 7.75. The Bertz CT molecular complexity index is 1150. The molecule has 7 heteroatoms. The molecule has 4 nitrogen and oxygen atoms in total. The van der Waals surface area contributed by atoms with Crippen molar-refractivity contribution >= 4 is 40.7 Å². The Hall–Kier alpha value is -2.63. The number of rotatable bonds is 6. The summed E-state index contributed by atoms with van der Waals surface area (Å²) in [4.78, 5) is 26.2. The zero-order valence-electron chi connectivity index (χ0n) is 20.9. The summed E-state index contributed by atoms with van der Waals surface area (Å²) in [5.74, 6) is -0.643. The molecule has 35 heavy (non-hydrogen) atoms. The summed E-state index contributed by atoms with van der Waals surface area (Å²) >= 11 is 12.6. The van der Waals surface area contributed by atoms with Gasteiger partial charge < -0.3 is 10.6 Å². The lowest BCUT2D eigenvalue weighted by Gasteiger charge is -2.24. The molecule has 1 aliphatic carbocycles. The average molecular weight is 519 g/mol. The second-order valence-electron chi connectivity index (χ2n) is 8.58. The van der Waals surface area contributed by atoms with Crippen molar-refractivity contribution in [3.63, 3.8) is 0 Å². The summed E-state index contributed by atoms with van der Waals surface area (Å²) in [6.07, 6.45) is 4.33. The van der Waals surface area contributed by atoms with Crippen LogP contribution in [0.5, 0.6) is 0 Å². The van der Waals surface area contributed by atoms with Crippen LogP contribution in [0.3, 0.4) is 0 Å². The molecule has 1 aliphatic rings. The molecule has 0 heterocycles. The molecule has 2 aromatic rings. The number of hydrogen-bond acceptors (Lipinski definition) is 2. The number of benzene rings is 2. The van der Waals surface area contributed by atoms with Crippen LogP contribution >= 0.6 is 23.2 Å². The molecule has 188 valence electrons. The maximum absolute atomic E-state index is 13.1. The Morgan fingerprint density at radius 1 is 1.09 bits per heavy atom. The van der Waals surface area contributed by atoms with Crippen LogP contribution in [0.25, 0.3) is 11.1 Å². The Balaban J connectivity index is 0.000000641. The second kappa shape index (κ2) is 12.9. The van der Waals surface area contributed by atoms with E-state index in [4.69, 9.17) is 28.9 Å². The van der Waals surface area contributed by atoms with Gasteiger partial charge in [-0.2, -0.15) is 0 Å². The normalized spacial score (nSPS) is 13.2. The van der Waals surface area contributed by atoms with Gasteiger partial charge in [-0.3, -0.25) is 9.59 Å². The first-order chi connectivity index (χ1) is 16.5. The molecule has 0 spiro atoms. The number of carbonyl (C=O) groups is 2. The van der Waals surface area contributed by atoms with Gasteiger partial charge in [0.1, 0.15) is 0 Å². The van der Waals surface area contributed by atoms with E-state index in [9.17, 15) is 14.0 Å². The van der Waals surface area contributed by atoms with Gasteiger partial charge in [-0.15, -0.1) is 0 Å². The summed E-state index contributed by atoms with van der Waals surface area (Å²) in [6.45, 7) is 7.58. The number of nitrogens with zero attached hydrogens (tertiary/aromatic N) is 1. The van der Waals surface area contributed by atoms with Crippen LogP contribution in [0.2, 0.25) is 5.02 Å². The molecule has 0 aliphatic heterocycles. The smallest absolute Gasteiger partial charge is 0.259 e. The number of hydrogen-bond donors (Lipinski definition) is 1. The third kappa shape index (κ3) is 7.18. The lowest BCUT2D eigenvalue weighted by molar-refractivity contribution is -0.114. The minimum absolute atomic E-state index is 0.131. The zero-order valence-corrected chi connectivity index (χ0v) is 22.4. The van der Waals surface area contributed by atoms with E-state index >= 15 is 0 Å². The quantitative estimate of drug-likeness (QED) is 0.424. The molecule has 2 amide bonds. The van der Waals surface area contributed by atoms with Crippen molar-refractivity contribution in [3.8, 4) is 11.1 Å². The highest BCUT2D eigenvalue weighted by molar-refractivity contribution is 6.36. The van der Waals surface area contributed by atoms with Crippen LogP contribution in [0.1, 0.15) is 62.4 Å². The fourth-order valence-electron chi connectivity index (χ4n) is 3.80. The number of nitrogens with two attached hydrogens (primary N) is 1. The third-order valence-electron chi connectivity index (χ3n) is 6.03. The number of allylic oxidation sites excluding steroid dienone is 2. The summed E-state index contributed by atoms with van der Waals surface area (Å²) in [7, 11) is 1.74. The summed E-state index contributed by atoms with van der Waals surface area (Å²) < 4.78 is 11.9. The number of carbonyl (C=O) groups excluding carboxylic acids is 2. The van der Waals surface area contributed by atoms with E-state index in [1.54, 1.807) is 30.1 Å². The summed E-state index contributed by atoms with van der Waals surface area (Å²) in [5.41, 5.74) is 10.6. The van der Waals surface area contributed by atoms with Crippen LogP contribution in [-0.4, -0.2) is 25.0 Å². The topological polar surface area (TPSA) is 63.4 Å². The van der Waals surface area contributed by atoms with E-state index < -0.39 is 12.1 Å². The molecule has 2 N–H and O–H groups in total. The van der Waals surface area contributed by atoms with Crippen molar-refractivity contribution in [2.24, 2.45) is 5.73 Å². The van der Waals surface area contributed by atoms with Crippen LogP contribution in [0.4, 0.5) is 10.1 Å². The fraction of sp³-hybridized carbons (Fsp3) is 0.357.